The summed E-state index contributed by atoms with van der Waals surface area (Å²) >= 11 is 1.43. The highest BCUT2D eigenvalue weighted by Gasteiger charge is 2.19. The first-order valence-electron chi connectivity index (χ1n) is 5.46. The highest BCUT2D eigenvalue weighted by Crippen LogP contribution is 2.20. The van der Waals surface area contributed by atoms with Crippen LogP contribution in [0.2, 0.25) is 0 Å². The van der Waals surface area contributed by atoms with Gasteiger partial charge in [-0.1, -0.05) is 0 Å². The van der Waals surface area contributed by atoms with Gasteiger partial charge in [0.2, 0.25) is 5.92 Å². The van der Waals surface area contributed by atoms with E-state index in [1.54, 1.807) is 13.8 Å². The molecule has 0 unspecified atom stereocenters. The van der Waals surface area contributed by atoms with Crippen LogP contribution in [0.15, 0.2) is 0 Å². The minimum absolute atomic E-state index is 0.0794. The lowest BCUT2D eigenvalue weighted by atomic mass is 10.2. The van der Waals surface area contributed by atoms with Gasteiger partial charge in [0.1, 0.15) is 0 Å². The summed E-state index contributed by atoms with van der Waals surface area (Å²) in [6.07, 6.45) is 1.04. The van der Waals surface area contributed by atoms with Crippen molar-refractivity contribution in [1.29, 1.82) is 0 Å². The summed E-state index contributed by atoms with van der Waals surface area (Å²) in [5, 5.41) is 0. The molecule has 16 heavy (non-hydrogen) atoms. The van der Waals surface area contributed by atoms with Crippen molar-refractivity contribution in [2.45, 2.75) is 52.1 Å². The largest absolute Gasteiger partial charge is 0.462 e. The number of carbonyl (C=O) groups is 1. The molecule has 0 atom stereocenters. The summed E-state index contributed by atoms with van der Waals surface area (Å²) in [4.78, 5) is 11.1. The van der Waals surface area contributed by atoms with E-state index in [4.69, 9.17) is 4.74 Å². The average Bonchev–Trinajstić information content (AvgIpc) is 2.07. The van der Waals surface area contributed by atoms with Crippen LogP contribution >= 0.6 is 11.8 Å². The zero-order valence-electron chi connectivity index (χ0n) is 10.1. The molecule has 0 aromatic rings. The van der Waals surface area contributed by atoms with Gasteiger partial charge in [0, 0.05) is 6.42 Å². The fraction of sp³-hybridized carbons (Fsp3) is 0.909. The zero-order valence-corrected chi connectivity index (χ0v) is 10.9. The second kappa shape index (κ2) is 7.87. The van der Waals surface area contributed by atoms with Crippen molar-refractivity contribution in [3.8, 4) is 0 Å². The van der Waals surface area contributed by atoms with Crippen LogP contribution in [0.4, 0.5) is 8.78 Å². The van der Waals surface area contributed by atoms with E-state index in [9.17, 15) is 13.6 Å². The summed E-state index contributed by atoms with van der Waals surface area (Å²) in [7, 11) is 0. The van der Waals surface area contributed by atoms with Crippen LogP contribution in [0.25, 0.3) is 0 Å². The molecule has 0 aliphatic carbocycles. The molecule has 0 aromatic carbocycles. The number of unbranched alkanes of at least 4 members (excludes halogenated alkanes) is 1. The molecule has 0 amide bonds. The van der Waals surface area contributed by atoms with Gasteiger partial charge < -0.3 is 4.74 Å². The van der Waals surface area contributed by atoms with Gasteiger partial charge >= 0.3 is 5.97 Å². The number of alkyl halides is 2. The highest BCUT2D eigenvalue weighted by atomic mass is 32.2. The number of thioether (sulfide) groups is 1. The molecule has 0 aliphatic heterocycles. The van der Waals surface area contributed by atoms with E-state index >= 15 is 0 Å². The monoisotopic (exact) mass is 254 g/mol. The first-order valence-corrected chi connectivity index (χ1v) is 6.62. The molecule has 0 radical (unpaired) electrons. The third-order valence-electron chi connectivity index (χ3n) is 1.74. The second-order valence-electron chi connectivity index (χ2n) is 4.12. The summed E-state index contributed by atoms with van der Waals surface area (Å²) in [6.45, 7) is 4.53. The topological polar surface area (TPSA) is 26.3 Å². The van der Waals surface area contributed by atoms with Crippen LogP contribution in [0, 0.1) is 0 Å². The number of hydrogen-bond donors (Lipinski definition) is 0. The zero-order chi connectivity index (χ0) is 12.6. The van der Waals surface area contributed by atoms with E-state index < -0.39 is 5.92 Å². The molecule has 0 aliphatic rings. The van der Waals surface area contributed by atoms with E-state index in [0.717, 1.165) is 12.7 Å². The van der Waals surface area contributed by atoms with Gasteiger partial charge in [0.15, 0.2) is 0 Å². The smallest absolute Gasteiger partial charge is 0.316 e. The lowest BCUT2D eigenvalue weighted by Gasteiger charge is -2.09. The second-order valence-corrected chi connectivity index (χ2v) is 5.22. The molecule has 0 saturated carbocycles. The molecular weight excluding hydrogens is 234 g/mol. The molecule has 0 bridgehead atoms. The number of halogens is 2. The van der Waals surface area contributed by atoms with E-state index in [1.807, 2.05) is 0 Å². The number of hydrogen-bond acceptors (Lipinski definition) is 3. The molecule has 5 heteroatoms. The fourth-order valence-corrected chi connectivity index (χ4v) is 1.88. The minimum Gasteiger partial charge on any atom is -0.462 e. The summed E-state index contributed by atoms with van der Waals surface area (Å²) in [6, 6.07) is 0. The Kier molecular flexibility index (Phi) is 7.72. The minimum atomic E-state index is -2.57. The van der Waals surface area contributed by atoms with Crippen molar-refractivity contribution in [3.63, 3.8) is 0 Å². The predicted molar refractivity (Wildman–Crippen MR) is 63.0 cm³/mol. The molecule has 0 spiro atoms. The van der Waals surface area contributed by atoms with Crippen LogP contribution < -0.4 is 0 Å². The van der Waals surface area contributed by atoms with Crippen molar-refractivity contribution >= 4 is 17.7 Å². The first kappa shape index (κ1) is 15.7. The molecule has 0 fully saturated rings. The molecule has 0 heterocycles. The van der Waals surface area contributed by atoms with Gasteiger partial charge in [-0.3, -0.25) is 4.79 Å². The van der Waals surface area contributed by atoms with E-state index in [2.05, 4.69) is 0 Å². The van der Waals surface area contributed by atoms with Gasteiger partial charge in [-0.25, -0.2) is 8.78 Å². The Morgan fingerprint density at radius 1 is 1.38 bits per heavy atom. The molecular formula is C11H20F2O2S. The normalized spacial score (nSPS) is 11.9. The van der Waals surface area contributed by atoms with Crippen molar-refractivity contribution < 1.29 is 18.3 Å². The van der Waals surface area contributed by atoms with Crippen molar-refractivity contribution in [3.05, 3.63) is 0 Å². The maximum atomic E-state index is 12.4. The maximum Gasteiger partial charge on any atom is 0.316 e. The van der Waals surface area contributed by atoms with Crippen LogP contribution in [0.1, 0.15) is 40.0 Å². The number of carbonyl (C=O) groups excluding carboxylic acids is 1. The Morgan fingerprint density at radius 2 is 2.00 bits per heavy atom. The fourth-order valence-electron chi connectivity index (χ4n) is 1.09. The number of rotatable bonds is 8. The van der Waals surface area contributed by atoms with Crippen LogP contribution in [-0.4, -0.2) is 29.5 Å². The predicted octanol–water partition coefficient (Wildman–Crippen LogP) is 3.50. The van der Waals surface area contributed by atoms with Crippen LogP contribution in [-0.2, 0) is 9.53 Å². The summed E-state index contributed by atoms with van der Waals surface area (Å²) in [5.41, 5.74) is 0. The van der Waals surface area contributed by atoms with E-state index in [1.165, 1.54) is 11.8 Å². The molecule has 0 N–H and O–H groups in total. The lowest BCUT2D eigenvalue weighted by molar-refractivity contribution is -0.144. The number of ether oxygens (including phenoxy) is 1. The Hall–Kier alpha value is -0.320. The van der Waals surface area contributed by atoms with Gasteiger partial charge in [0.25, 0.3) is 0 Å². The number of esters is 1. The highest BCUT2D eigenvalue weighted by molar-refractivity contribution is 7.99. The molecule has 2 nitrogen and oxygen atoms in total. The van der Waals surface area contributed by atoms with Crippen molar-refractivity contribution in [2.75, 3.05) is 11.5 Å². The third kappa shape index (κ3) is 11.8. The average molecular weight is 254 g/mol. The Morgan fingerprint density at radius 3 is 2.50 bits per heavy atom. The Bertz CT molecular complexity index is 203. The van der Waals surface area contributed by atoms with Crippen molar-refractivity contribution in [1.82, 2.24) is 0 Å². The van der Waals surface area contributed by atoms with E-state index in [0.29, 0.717) is 18.6 Å². The molecule has 0 rings (SSSR count). The summed E-state index contributed by atoms with van der Waals surface area (Å²) < 4.78 is 29.8. The first-order chi connectivity index (χ1) is 7.31. The summed E-state index contributed by atoms with van der Waals surface area (Å²) in [5.74, 6) is -1.77. The van der Waals surface area contributed by atoms with Gasteiger partial charge in [0.05, 0.1) is 11.9 Å². The van der Waals surface area contributed by atoms with Gasteiger partial charge in [-0.05, 0) is 39.4 Å². The van der Waals surface area contributed by atoms with Gasteiger partial charge in [-0.15, -0.1) is 0 Å². The molecule has 0 saturated heterocycles. The van der Waals surface area contributed by atoms with E-state index in [-0.39, 0.29) is 18.5 Å². The molecule has 96 valence electrons. The maximum absolute atomic E-state index is 12.4. The third-order valence-corrected chi connectivity index (χ3v) is 2.76. The van der Waals surface area contributed by atoms with Crippen LogP contribution in [0.3, 0.4) is 0 Å². The Balaban J connectivity index is 3.31. The SMILES string of the molecule is CC(C)OC(=O)CSCCCCC(C)(F)F. The Labute approximate surface area is 100 Å². The lowest BCUT2D eigenvalue weighted by Crippen LogP contribution is -2.13. The quantitative estimate of drug-likeness (QED) is 0.490. The van der Waals surface area contributed by atoms with Gasteiger partial charge in [-0.2, -0.15) is 11.8 Å². The van der Waals surface area contributed by atoms with Crippen LogP contribution in [0.5, 0.6) is 0 Å². The van der Waals surface area contributed by atoms with Crippen molar-refractivity contribution in [2.24, 2.45) is 0 Å². The standard InChI is InChI=1S/C11H20F2O2S/c1-9(2)15-10(14)8-16-7-5-4-6-11(3,12)13/h9H,4-8H2,1-3H3. The molecule has 0 aromatic heterocycles.